The summed E-state index contributed by atoms with van der Waals surface area (Å²) in [6.45, 7) is 3.23. The first kappa shape index (κ1) is 22.3. The Morgan fingerprint density at radius 3 is 2.19 bits per heavy atom. The minimum Gasteiger partial charge on any atom is -0.338 e. The monoisotopic (exact) mass is 451 g/mol. The van der Waals surface area contributed by atoms with Gasteiger partial charge in [0.1, 0.15) is 5.82 Å². The fourth-order valence-corrected chi connectivity index (χ4v) is 4.32. The molecule has 0 aliphatic carbocycles. The standard InChI is InChI=1S/C26H27ClFN3O/c27-23-12-10-22(11-13-23)25(21-7-2-1-3-8-21)30-16-18-31(19-17-30)26(32)29-15-14-20-6-4-5-9-24(20)28/h1-13,25H,14-19H2,(H,29,32)/t25-/m1/s1. The third-order valence-corrected chi connectivity index (χ3v) is 6.15. The van der Waals surface area contributed by atoms with E-state index < -0.39 is 0 Å². The Labute approximate surface area is 193 Å². The van der Waals surface area contributed by atoms with E-state index in [1.807, 2.05) is 29.2 Å². The van der Waals surface area contributed by atoms with E-state index in [1.54, 1.807) is 12.1 Å². The van der Waals surface area contributed by atoms with Crippen molar-refractivity contribution in [2.75, 3.05) is 32.7 Å². The van der Waals surface area contributed by atoms with Crippen molar-refractivity contribution < 1.29 is 9.18 Å². The summed E-state index contributed by atoms with van der Waals surface area (Å²) in [5.41, 5.74) is 3.02. The molecule has 1 aliphatic rings. The number of hydrogen-bond donors (Lipinski definition) is 1. The summed E-state index contributed by atoms with van der Waals surface area (Å²) in [4.78, 5) is 16.9. The molecule has 0 radical (unpaired) electrons. The topological polar surface area (TPSA) is 35.6 Å². The summed E-state index contributed by atoms with van der Waals surface area (Å²) < 4.78 is 13.8. The van der Waals surface area contributed by atoms with E-state index >= 15 is 0 Å². The molecule has 32 heavy (non-hydrogen) atoms. The Kier molecular flexibility index (Phi) is 7.40. The van der Waals surface area contributed by atoms with Crippen LogP contribution in [0.4, 0.5) is 9.18 Å². The first-order valence-corrected chi connectivity index (χ1v) is 11.3. The third-order valence-electron chi connectivity index (χ3n) is 5.90. The molecule has 1 aliphatic heterocycles. The van der Waals surface area contributed by atoms with E-state index in [0.29, 0.717) is 31.6 Å². The van der Waals surface area contributed by atoms with Crippen LogP contribution in [0.5, 0.6) is 0 Å². The van der Waals surface area contributed by atoms with Gasteiger partial charge in [0.05, 0.1) is 6.04 Å². The molecule has 1 N–H and O–H groups in total. The van der Waals surface area contributed by atoms with Gasteiger partial charge >= 0.3 is 6.03 Å². The Hall–Kier alpha value is -2.89. The van der Waals surface area contributed by atoms with E-state index in [1.165, 1.54) is 17.2 Å². The van der Waals surface area contributed by atoms with Crippen LogP contribution in [0, 0.1) is 5.82 Å². The summed E-state index contributed by atoms with van der Waals surface area (Å²) in [5.74, 6) is -0.232. The Morgan fingerprint density at radius 1 is 0.875 bits per heavy atom. The number of rotatable bonds is 6. The Bertz CT molecular complexity index is 1020. The fourth-order valence-electron chi connectivity index (χ4n) is 4.19. The van der Waals surface area contributed by atoms with Crippen LogP contribution in [0.15, 0.2) is 78.9 Å². The molecule has 1 heterocycles. The second-order valence-electron chi connectivity index (χ2n) is 7.96. The lowest BCUT2D eigenvalue weighted by Gasteiger charge is -2.39. The Balaban J connectivity index is 1.36. The van der Waals surface area contributed by atoms with Crippen LogP contribution >= 0.6 is 11.6 Å². The van der Waals surface area contributed by atoms with Gasteiger partial charge in [-0.15, -0.1) is 0 Å². The number of carbonyl (C=O) groups excluding carboxylic acids is 1. The number of nitrogens with one attached hydrogen (secondary N) is 1. The lowest BCUT2D eigenvalue weighted by molar-refractivity contribution is 0.120. The molecule has 0 aromatic heterocycles. The number of amides is 2. The molecular weight excluding hydrogens is 425 g/mol. The smallest absolute Gasteiger partial charge is 0.317 e. The van der Waals surface area contributed by atoms with Gasteiger partial charge < -0.3 is 10.2 Å². The molecule has 1 saturated heterocycles. The van der Waals surface area contributed by atoms with Crippen LogP contribution in [-0.4, -0.2) is 48.6 Å². The maximum absolute atomic E-state index is 13.8. The molecule has 6 heteroatoms. The maximum Gasteiger partial charge on any atom is 0.317 e. The van der Waals surface area contributed by atoms with E-state index in [4.69, 9.17) is 11.6 Å². The van der Waals surface area contributed by atoms with E-state index in [9.17, 15) is 9.18 Å². The van der Waals surface area contributed by atoms with E-state index in [-0.39, 0.29) is 17.9 Å². The summed E-state index contributed by atoms with van der Waals surface area (Å²) >= 11 is 6.11. The minimum atomic E-state index is -0.232. The van der Waals surface area contributed by atoms with Gasteiger partial charge in [-0.3, -0.25) is 4.90 Å². The number of hydrogen-bond acceptors (Lipinski definition) is 2. The molecule has 1 fully saturated rings. The average molecular weight is 452 g/mol. The third kappa shape index (κ3) is 5.47. The molecule has 0 bridgehead atoms. The first-order valence-electron chi connectivity index (χ1n) is 10.9. The molecule has 0 spiro atoms. The number of nitrogens with zero attached hydrogens (tertiary/aromatic N) is 2. The summed E-state index contributed by atoms with van der Waals surface area (Å²) in [6.07, 6.45) is 0.477. The van der Waals surface area contributed by atoms with Gasteiger partial charge in [-0.25, -0.2) is 9.18 Å². The summed E-state index contributed by atoms with van der Waals surface area (Å²) in [6, 6.07) is 25.1. The fraction of sp³-hybridized carbons (Fsp3) is 0.269. The lowest BCUT2D eigenvalue weighted by Crippen LogP contribution is -2.52. The zero-order chi connectivity index (χ0) is 22.3. The van der Waals surface area contributed by atoms with Gasteiger partial charge in [0, 0.05) is 37.7 Å². The van der Waals surface area contributed by atoms with Crippen molar-refractivity contribution >= 4 is 17.6 Å². The summed E-state index contributed by atoms with van der Waals surface area (Å²) in [7, 11) is 0. The SMILES string of the molecule is O=C(NCCc1ccccc1F)N1CCN([C@H](c2ccccc2)c2ccc(Cl)cc2)CC1. The van der Waals surface area contributed by atoms with Crippen LogP contribution < -0.4 is 5.32 Å². The van der Waals surface area contributed by atoms with Gasteiger partial charge in [0.2, 0.25) is 0 Å². The van der Waals surface area contributed by atoms with Crippen molar-refractivity contribution in [2.45, 2.75) is 12.5 Å². The molecule has 3 aromatic rings. The van der Waals surface area contributed by atoms with Gasteiger partial charge in [-0.1, -0.05) is 72.3 Å². The number of benzene rings is 3. The number of urea groups is 1. The molecule has 2 amide bonds. The molecule has 0 saturated carbocycles. The molecule has 3 aromatic carbocycles. The van der Waals surface area contributed by atoms with Crippen LogP contribution in [-0.2, 0) is 6.42 Å². The van der Waals surface area contributed by atoms with Crippen molar-refractivity contribution in [2.24, 2.45) is 0 Å². The lowest BCUT2D eigenvalue weighted by atomic mass is 9.96. The van der Waals surface area contributed by atoms with Gasteiger partial charge in [0.25, 0.3) is 0 Å². The number of piperazine rings is 1. The molecule has 4 nitrogen and oxygen atoms in total. The van der Waals surface area contributed by atoms with Crippen molar-refractivity contribution in [1.29, 1.82) is 0 Å². The van der Waals surface area contributed by atoms with Crippen molar-refractivity contribution in [3.05, 3.63) is 106 Å². The zero-order valence-corrected chi connectivity index (χ0v) is 18.6. The highest BCUT2D eigenvalue weighted by Gasteiger charge is 2.28. The summed E-state index contributed by atoms with van der Waals surface area (Å²) in [5, 5.41) is 3.65. The second kappa shape index (κ2) is 10.6. The predicted octanol–water partition coefficient (Wildman–Crippen LogP) is 5.14. The normalized spacial score (nSPS) is 15.4. The van der Waals surface area contributed by atoms with Crippen molar-refractivity contribution in [3.63, 3.8) is 0 Å². The quantitative estimate of drug-likeness (QED) is 0.563. The van der Waals surface area contributed by atoms with Crippen LogP contribution in [0.3, 0.4) is 0 Å². The van der Waals surface area contributed by atoms with Crippen molar-refractivity contribution in [1.82, 2.24) is 15.1 Å². The largest absolute Gasteiger partial charge is 0.338 e. The van der Waals surface area contributed by atoms with Gasteiger partial charge in [0.15, 0.2) is 0 Å². The first-order chi connectivity index (χ1) is 15.6. The molecule has 1 atom stereocenters. The van der Waals surface area contributed by atoms with Crippen LogP contribution in [0.25, 0.3) is 0 Å². The average Bonchev–Trinajstić information content (AvgIpc) is 2.83. The Morgan fingerprint density at radius 2 is 1.50 bits per heavy atom. The molecular formula is C26H27ClFN3O. The minimum absolute atomic E-state index is 0.0938. The number of halogens is 2. The van der Waals surface area contributed by atoms with Crippen LogP contribution in [0.2, 0.25) is 5.02 Å². The number of carbonyl (C=O) groups is 1. The molecule has 4 rings (SSSR count). The van der Waals surface area contributed by atoms with Gasteiger partial charge in [-0.05, 0) is 41.3 Å². The highest BCUT2D eigenvalue weighted by molar-refractivity contribution is 6.30. The van der Waals surface area contributed by atoms with Crippen LogP contribution in [0.1, 0.15) is 22.7 Å². The second-order valence-corrected chi connectivity index (χ2v) is 8.40. The van der Waals surface area contributed by atoms with E-state index in [2.05, 4.69) is 46.6 Å². The molecule has 0 unspecified atom stereocenters. The van der Waals surface area contributed by atoms with Gasteiger partial charge in [-0.2, -0.15) is 0 Å². The zero-order valence-electron chi connectivity index (χ0n) is 17.9. The molecule has 166 valence electrons. The highest BCUT2D eigenvalue weighted by atomic mass is 35.5. The highest BCUT2D eigenvalue weighted by Crippen LogP contribution is 2.30. The predicted molar refractivity (Wildman–Crippen MR) is 126 cm³/mol. The maximum atomic E-state index is 13.8. The van der Waals surface area contributed by atoms with E-state index in [0.717, 1.165) is 18.1 Å². The van der Waals surface area contributed by atoms with Crippen molar-refractivity contribution in [3.8, 4) is 0 Å².